The third-order valence-electron chi connectivity index (χ3n) is 6.82. The van der Waals surface area contributed by atoms with E-state index in [-0.39, 0.29) is 54.9 Å². The quantitative estimate of drug-likeness (QED) is 0.411. The molecule has 2 aliphatic rings. The number of halogens is 4. The van der Waals surface area contributed by atoms with Crippen LogP contribution in [0.3, 0.4) is 0 Å². The summed E-state index contributed by atoms with van der Waals surface area (Å²) in [5.41, 5.74) is -1.08. The Balaban J connectivity index is 1.50. The Morgan fingerprint density at radius 1 is 1.11 bits per heavy atom. The fourth-order valence-corrected chi connectivity index (χ4v) is 6.19. The number of alkyl halides is 3. The number of rotatable bonds is 9. The predicted molar refractivity (Wildman–Crippen MR) is 124 cm³/mol. The van der Waals surface area contributed by atoms with Crippen LogP contribution in [-0.2, 0) is 20.8 Å². The summed E-state index contributed by atoms with van der Waals surface area (Å²) >= 11 is 0. The Morgan fingerprint density at radius 2 is 1.72 bits per heavy atom. The molecule has 0 spiro atoms. The van der Waals surface area contributed by atoms with Crippen molar-refractivity contribution in [3.05, 3.63) is 47.5 Å². The second kappa shape index (κ2) is 9.83. The van der Waals surface area contributed by atoms with Crippen molar-refractivity contribution in [1.82, 2.24) is 9.97 Å². The first kappa shape index (κ1) is 26.1. The lowest BCUT2D eigenvalue weighted by Crippen LogP contribution is -2.40. The van der Waals surface area contributed by atoms with Gasteiger partial charge in [-0.15, -0.1) is 0 Å². The summed E-state index contributed by atoms with van der Waals surface area (Å²) in [6, 6.07) is 4.25. The molecule has 1 aliphatic heterocycles. The Labute approximate surface area is 205 Å². The van der Waals surface area contributed by atoms with E-state index in [1.165, 1.54) is 12.1 Å². The summed E-state index contributed by atoms with van der Waals surface area (Å²) < 4.78 is 77.7. The van der Waals surface area contributed by atoms with Crippen LogP contribution in [0.2, 0.25) is 0 Å². The number of anilines is 2. The van der Waals surface area contributed by atoms with Crippen LogP contribution in [0.25, 0.3) is 0 Å². The maximum absolute atomic E-state index is 15.3. The molecule has 13 heteroatoms. The smallest absolute Gasteiger partial charge is 0.416 e. The number of nitrogens with zero attached hydrogens (tertiary/aromatic N) is 2. The van der Waals surface area contributed by atoms with Crippen molar-refractivity contribution in [3.8, 4) is 0 Å². The summed E-state index contributed by atoms with van der Waals surface area (Å²) in [4.78, 5) is 19.3. The van der Waals surface area contributed by atoms with Crippen molar-refractivity contribution in [2.75, 3.05) is 28.7 Å². The molecule has 4 rings (SSSR count). The molecule has 36 heavy (non-hydrogen) atoms. The van der Waals surface area contributed by atoms with Gasteiger partial charge in [-0.25, -0.2) is 18.4 Å². The first-order valence-corrected chi connectivity index (χ1v) is 13.3. The molecule has 1 atom stereocenters. The zero-order valence-electron chi connectivity index (χ0n) is 19.2. The molecule has 1 saturated heterocycles. The van der Waals surface area contributed by atoms with Crippen LogP contribution in [-0.4, -0.2) is 47.5 Å². The van der Waals surface area contributed by atoms with Gasteiger partial charge in [-0.1, -0.05) is 12.1 Å². The summed E-state index contributed by atoms with van der Waals surface area (Å²) in [7, 11) is -3.23. The van der Waals surface area contributed by atoms with E-state index in [0.717, 1.165) is 31.3 Å². The van der Waals surface area contributed by atoms with Crippen LogP contribution in [0, 0.1) is 17.2 Å². The molecule has 1 aliphatic carbocycles. The van der Waals surface area contributed by atoms with E-state index in [4.69, 9.17) is 0 Å². The molecule has 0 bridgehead atoms. The van der Waals surface area contributed by atoms with Crippen LogP contribution < -0.4 is 10.6 Å². The molecule has 1 saturated carbocycles. The van der Waals surface area contributed by atoms with Crippen LogP contribution in [0.4, 0.5) is 29.2 Å². The maximum Gasteiger partial charge on any atom is 0.416 e. The summed E-state index contributed by atoms with van der Waals surface area (Å²) in [5.74, 6) is -2.38. The molecule has 3 N–H and O–H groups in total. The van der Waals surface area contributed by atoms with Gasteiger partial charge in [0, 0.05) is 12.0 Å². The Kier molecular flexibility index (Phi) is 7.13. The molecule has 2 aromatic rings. The first-order valence-electron chi connectivity index (χ1n) is 11.5. The maximum atomic E-state index is 15.3. The minimum Gasteiger partial charge on any atom is -0.481 e. The molecular formula is C23H26F4N4O4S. The Bertz CT molecular complexity index is 1200. The molecule has 2 heterocycles. The number of carboxylic acid groups (broad SMARTS) is 1. The molecule has 0 amide bonds. The molecule has 196 valence electrons. The molecule has 1 aromatic carbocycles. The average molecular weight is 531 g/mol. The summed E-state index contributed by atoms with van der Waals surface area (Å²) in [5, 5.41) is 15.2. The van der Waals surface area contributed by atoms with Gasteiger partial charge in [0.15, 0.2) is 11.6 Å². The van der Waals surface area contributed by atoms with Gasteiger partial charge in [-0.2, -0.15) is 17.6 Å². The molecule has 8 nitrogen and oxygen atoms in total. The number of hydrogen-bond donors (Lipinski definition) is 3. The van der Waals surface area contributed by atoms with Crippen LogP contribution in [0.1, 0.15) is 49.3 Å². The highest BCUT2D eigenvalue weighted by atomic mass is 32.2. The third-order valence-corrected chi connectivity index (χ3v) is 8.47. The van der Waals surface area contributed by atoms with Crippen LogP contribution in [0.5, 0.6) is 0 Å². The highest BCUT2D eigenvalue weighted by molar-refractivity contribution is 7.91. The Morgan fingerprint density at radius 3 is 2.28 bits per heavy atom. The second-order valence-corrected chi connectivity index (χ2v) is 11.8. The van der Waals surface area contributed by atoms with Crippen molar-refractivity contribution in [2.45, 2.75) is 44.3 Å². The first-order chi connectivity index (χ1) is 16.9. The fraction of sp³-hybridized carbons (Fsp3) is 0.522. The summed E-state index contributed by atoms with van der Waals surface area (Å²) in [6.07, 6.45) is -1.69. The van der Waals surface area contributed by atoms with Crippen molar-refractivity contribution in [1.29, 1.82) is 0 Å². The molecular weight excluding hydrogens is 504 g/mol. The van der Waals surface area contributed by atoms with E-state index in [1.54, 1.807) is 0 Å². The zero-order chi connectivity index (χ0) is 26.1. The van der Waals surface area contributed by atoms with E-state index in [9.17, 15) is 31.5 Å². The van der Waals surface area contributed by atoms with E-state index >= 15 is 4.39 Å². The highest BCUT2D eigenvalue weighted by Gasteiger charge is 2.40. The summed E-state index contributed by atoms with van der Waals surface area (Å²) in [6.45, 7) is 0.00709. The minimum absolute atomic E-state index is 0.00709. The van der Waals surface area contributed by atoms with Crippen molar-refractivity contribution < 1.29 is 35.9 Å². The Hall–Kier alpha value is -2.96. The number of hydrogen-bond acceptors (Lipinski definition) is 7. The van der Waals surface area contributed by atoms with E-state index < -0.39 is 44.8 Å². The minimum atomic E-state index is -4.46. The molecule has 1 aromatic heterocycles. The van der Waals surface area contributed by atoms with E-state index in [2.05, 4.69) is 20.6 Å². The third kappa shape index (κ3) is 6.23. The zero-order valence-corrected chi connectivity index (χ0v) is 20.0. The lowest BCUT2D eigenvalue weighted by atomic mass is 9.78. The van der Waals surface area contributed by atoms with Crippen LogP contribution in [0.15, 0.2) is 30.6 Å². The van der Waals surface area contributed by atoms with Crippen molar-refractivity contribution in [3.63, 3.8) is 0 Å². The van der Waals surface area contributed by atoms with E-state index in [0.29, 0.717) is 5.56 Å². The van der Waals surface area contributed by atoms with Crippen molar-refractivity contribution >= 4 is 27.4 Å². The number of carbonyl (C=O) groups is 1. The SMILES string of the molecule is O=C(O)CC1(CNc2ncnc(NC(c3ccc(C(F)(F)F)cc3)C3CC3)c2F)CCS(=O)(=O)CC1. The number of nitrogens with one attached hydrogen (secondary N) is 2. The standard InChI is InChI=1S/C23H26F4N4O4S/c24-18-20(28-12-22(11-17(32)33)7-9-36(34,35)10-8-22)29-13-30-21(18)31-19(14-1-2-14)15-3-5-16(6-4-15)23(25,26)27/h3-6,13-14,19H,1-2,7-12H2,(H,32,33)(H2,28,29,30,31). The normalized spacial score (nSPS) is 19.9. The number of aromatic nitrogens is 2. The van der Waals surface area contributed by atoms with Gasteiger partial charge >= 0.3 is 12.1 Å². The van der Waals surface area contributed by atoms with Gasteiger partial charge in [0.05, 0.1) is 29.5 Å². The number of carboxylic acids is 1. The fourth-order valence-electron chi connectivity index (χ4n) is 4.50. The van der Waals surface area contributed by atoms with Gasteiger partial charge < -0.3 is 15.7 Å². The second-order valence-electron chi connectivity index (χ2n) is 9.54. The van der Waals surface area contributed by atoms with Gasteiger partial charge in [-0.05, 0) is 49.3 Å². The van der Waals surface area contributed by atoms with Gasteiger partial charge in [0.25, 0.3) is 0 Å². The molecule has 0 radical (unpaired) electrons. The number of aliphatic carboxylic acids is 1. The highest BCUT2D eigenvalue weighted by Crippen LogP contribution is 2.44. The lowest BCUT2D eigenvalue weighted by molar-refractivity contribution is -0.140. The monoisotopic (exact) mass is 530 g/mol. The largest absolute Gasteiger partial charge is 0.481 e. The predicted octanol–water partition coefficient (Wildman–Crippen LogP) is 4.28. The topological polar surface area (TPSA) is 121 Å². The van der Waals surface area contributed by atoms with Crippen molar-refractivity contribution in [2.24, 2.45) is 11.3 Å². The average Bonchev–Trinajstić information content (AvgIpc) is 3.64. The molecule has 1 unspecified atom stereocenters. The number of sulfone groups is 1. The van der Waals surface area contributed by atoms with Gasteiger partial charge in [-0.3, -0.25) is 4.79 Å². The lowest BCUT2D eigenvalue weighted by Gasteiger charge is -2.36. The van der Waals surface area contributed by atoms with Gasteiger partial charge in [0.2, 0.25) is 5.82 Å². The van der Waals surface area contributed by atoms with E-state index in [1.807, 2.05) is 0 Å². The van der Waals surface area contributed by atoms with Crippen LogP contribution >= 0.6 is 0 Å². The number of benzene rings is 1. The molecule has 2 fully saturated rings. The van der Waals surface area contributed by atoms with Gasteiger partial charge in [0.1, 0.15) is 16.2 Å².